The summed E-state index contributed by atoms with van der Waals surface area (Å²) in [6.45, 7) is 5.55. The first-order valence-electron chi connectivity index (χ1n) is 12.0. The first-order chi connectivity index (χ1) is 16.5. The Kier molecular flexibility index (Phi) is 5.34. The molecule has 6 rings (SSSR count). The molecule has 1 aliphatic heterocycles. The molecule has 1 saturated heterocycles. The molecule has 34 heavy (non-hydrogen) atoms. The maximum atomic E-state index is 5.89. The molecule has 2 fully saturated rings. The van der Waals surface area contributed by atoms with Crippen molar-refractivity contribution in [3.05, 3.63) is 65.9 Å². The van der Waals surface area contributed by atoms with Crippen LogP contribution in [-0.2, 0) is 12.5 Å². The van der Waals surface area contributed by atoms with Crippen LogP contribution in [0.4, 0.5) is 5.69 Å². The summed E-state index contributed by atoms with van der Waals surface area (Å²) in [5.41, 5.74) is 11.7. The van der Waals surface area contributed by atoms with E-state index in [0.717, 1.165) is 63.5 Å². The zero-order chi connectivity index (χ0) is 23.3. The molecule has 2 aliphatic rings. The van der Waals surface area contributed by atoms with Crippen molar-refractivity contribution >= 4 is 28.4 Å². The third kappa shape index (κ3) is 3.77. The highest BCUT2D eigenvalue weighted by atomic mass is 32.2. The minimum absolute atomic E-state index is 0.380. The lowest BCUT2D eigenvalue weighted by Gasteiger charge is -2.21. The number of likely N-dealkylation sites (tertiary alicyclic amines) is 1. The highest BCUT2D eigenvalue weighted by Gasteiger charge is 2.60. The van der Waals surface area contributed by atoms with Gasteiger partial charge in [-0.25, -0.2) is 0 Å². The number of thioether (sulfide) groups is 1. The Bertz CT molecular complexity index is 1350. The number of aromatic nitrogens is 4. The summed E-state index contributed by atoms with van der Waals surface area (Å²) in [4.78, 5) is 7.30. The van der Waals surface area contributed by atoms with E-state index in [1.165, 1.54) is 25.1 Å². The molecule has 0 radical (unpaired) electrons. The zero-order valence-corrected chi connectivity index (χ0v) is 20.6. The van der Waals surface area contributed by atoms with E-state index in [-0.39, 0.29) is 0 Å². The van der Waals surface area contributed by atoms with Gasteiger partial charge in [0.2, 0.25) is 0 Å². The average molecular weight is 471 g/mol. The highest BCUT2D eigenvalue weighted by Crippen LogP contribution is 2.59. The fraction of sp³-hybridized carbons (Fsp3) is 0.370. The van der Waals surface area contributed by atoms with E-state index in [4.69, 9.17) is 5.73 Å². The van der Waals surface area contributed by atoms with Crippen LogP contribution in [0.3, 0.4) is 0 Å². The van der Waals surface area contributed by atoms with Crippen LogP contribution in [0.15, 0.2) is 59.8 Å². The van der Waals surface area contributed by atoms with Crippen molar-refractivity contribution < 1.29 is 0 Å². The third-order valence-corrected chi connectivity index (χ3v) is 8.61. The number of benzene rings is 2. The van der Waals surface area contributed by atoms with Crippen LogP contribution < -0.4 is 5.73 Å². The quantitative estimate of drug-likeness (QED) is 0.240. The molecule has 2 unspecified atom stereocenters. The number of aryl methyl sites for hydroxylation is 1. The molecule has 0 spiro atoms. The molecule has 174 valence electrons. The van der Waals surface area contributed by atoms with Crippen molar-refractivity contribution in [2.75, 3.05) is 31.1 Å². The minimum atomic E-state index is 0.380. The number of hydrogen-bond acceptors (Lipinski definition) is 6. The van der Waals surface area contributed by atoms with Gasteiger partial charge in [-0.05, 0) is 62.1 Å². The standard InChI is InChI=1S/C27H30N6S/c1-18-7-12-22-23(5-3-6-24(22)29-18)25-30-31-26(32(25)2)34-14-4-13-33-16-20-15-27(20,17-33)19-8-10-21(28)11-9-19/h3,5-12,20H,4,13-17,28H2,1-2H3. The van der Waals surface area contributed by atoms with Gasteiger partial charge in [-0.3, -0.25) is 4.98 Å². The molecule has 2 atom stereocenters. The molecule has 2 N–H and O–H groups in total. The van der Waals surface area contributed by atoms with Gasteiger partial charge in [-0.1, -0.05) is 42.1 Å². The Hall–Kier alpha value is -2.90. The van der Waals surface area contributed by atoms with Crippen LogP contribution in [0, 0.1) is 12.8 Å². The van der Waals surface area contributed by atoms with E-state index in [1.54, 1.807) is 11.8 Å². The molecule has 3 heterocycles. The maximum absolute atomic E-state index is 5.89. The summed E-state index contributed by atoms with van der Waals surface area (Å²) in [6, 6.07) is 18.9. The van der Waals surface area contributed by atoms with Crippen molar-refractivity contribution in [3.8, 4) is 11.4 Å². The molecule has 4 aromatic rings. The second-order valence-electron chi connectivity index (χ2n) is 9.81. The van der Waals surface area contributed by atoms with Crippen molar-refractivity contribution in [2.24, 2.45) is 13.0 Å². The average Bonchev–Trinajstić information content (AvgIpc) is 3.21. The summed E-state index contributed by atoms with van der Waals surface area (Å²) in [6.07, 6.45) is 2.47. The smallest absolute Gasteiger partial charge is 0.191 e. The Labute approximate surface area is 204 Å². The van der Waals surface area contributed by atoms with Crippen LogP contribution in [0.5, 0.6) is 0 Å². The van der Waals surface area contributed by atoms with E-state index in [9.17, 15) is 0 Å². The van der Waals surface area contributed by atoms with E-state index in [0.29, 0.717) is 5.41 Å². The Morgan fingerprint density at radius 3 is 2.79 bits per heavy atom. The molecule has 1 aliphatic carbocycles. The van der Waals surface area contributed by atoms with Gasteiger partial charge in [-0.15, -0.1) is 10.2 Å². The number of nitrogens with two attached hydrogens (primary N) is 1. The van der Waals surface area contributed by atoms with Crippen LogP contribution in [-0.4, -0.2) is 50.0 Å². The van der Waals surface area contributed by atoms with Crippen molar-refractivity contribution in [1.29, 1.82) is 0 Å². The predicted molar refractivity (Wildman–Crippen MR) is 139 cm³/mol. The summed E-state index contributed by atoms with van der Waals surface area (Å²) < 4.78 is 2.11. The zero-order valence-electron chi connectivity index (χ0n) is 19.7. The predicted octanol–water partition coefficient (Wildman–Crippen LogP) is 4.68. The van der Waals surface area contributed by atoms with E-state index in [1.807, 2.05) is 25.1 Å². The Morgan fingerprint density at radius 2 is 1.94 bits per heavy atom. The SMILES string of the molecule is Cc1ccc2c(-c3nnc(SCCCN4CC5CC5(c5ccc(N)cc5)C4)n3C)cccc2n1. The molecule has 1 saturated carbocycles. The molecular weight excluding hydrogens is 440 g/mol. The molecule has 2 aromatic heterocycles. The lowest BCUT2D eigenvalue weighted by molar-refractivity contribution is 0.299. The number of piperidine rings is 1. The van der Waals surface area contributed by atoms with Gasteiger partial charge in [0.1, 0.15) is 0 Å². The topological polar surface area (TPSA) is 72.9 Å². The normalized spacial score (nSPS) is 21.8. The number of anilines is 1. The van der Waals surface area contributed by atoms with Gasteiger partial charge in [0, 0.05) is 53.6 Å². The molecule has 6 nitrogen and oxygen atoms in total. The third-order valence-electron chi connectivity index (χ3n) is 7.50. The first-order valence-corrected chi connectivity index (χ1v) is 13.0. The fourth-order valence-electron chi connectivity index (χ4n) is 5.60. The van der Waals surface area contributed by atoms with Gasteiger partial charge < -0.3 is 15.2 Å². The lowest BCUT2D eigenvalue weighted by Crippen LogP contribution is -2.27. The maximum Gasteiger partial charge on any atom is 0.191 e. The summed E-state index contributed by atoms with van der Waals surface area (Å²) in [5, 5.41) is 11.1. The number of rotatable bonds is 7. The van der Waals surface area contributed by atoms with Crippen LogP contribution in [0.25, 0.3) is 22.3 Å². The molecule has 0 bridgehead atoms. The largest absolute Gasteiger partial charge is 0.399 e. The first kappa shape index (κ1) is 21.6. The Morgan fingerprint density at radius 1 is 1.09 bits per heavy atom. The van der Waals surface area contributed by atoms with Crippen molar-refractivity contribution in [1.82, 2.24) is 24.6 Å². The van der Waals surface area contributed by atoms with Crippen molar-refractivity contribution in [3.63, 3.8) is 0 Å². The number of nitrogens with zero attached hydrogens (tertiary/aromatic N) is 5. The van der Waals surface area contributed by atoms with E-state index >= 15 is 0 Å². The fourth-order valence-corrected chi connectivity index (χ4v) is 6.43. The van der Waals surface area contributed by atoms with Crippen molar-refractivity contribution in [2.45, 2.75) is 30.3 Å². The summed E-state index contributed by atoms with van der Waals surface area (Å²) in [5.74, 6) is 2.74. The second-order valence-corrected chi connectivity index (χ2v) is 10.9. The van der Waals surface area contributed by atoms with Gasteiger partial charge in [0.25, 0.3) is 0 Å². The second kappa shape index (κ2) is 8.40. The highest BCUT2D eigenvalue weighted by molar-refractivity contribution is 7.99. The van der Waals surface area contributed by atoms with Crippen LogP contribution >= 0.6 is 11.8 Å². The van der Waals surface area contributed by atoms with Crippen LogP contribution in [0.1, 0.15) is 24.1 Å². The van der Waals surface area contributed by atoms with E-state index in [2.05, 4.69) is 68.1 Å². The number of hydrogen-bond donors (Lipinski definition) is 1. The minimum Gasteiger partial charge on any atom is -0.399 e. The number of nitrogen functional groups attached to an aromatic ring is 1. The molecule has 7 heteroatoms. The Balaban J connectivity index is 1.06. The molecule has 2 aromatic carbocycles. The number of pyridine rings is 1. The lowest BCUT2D eigenvalue weighted by atomic mass is 9.95. The van der Waals surface area contributed by atoms with Crippen LogP contribution in [0.2, 0.25) is 0 Å². The summed E-state index contributed by atoms with van der Waals surface area (Å²) >= 11 is 1.80. The number of fused-ring (bicyclic) bond motifs is 2. The van der Waals surface area contributed by atoms with Gasteiger partial charge >= 0.3 is 0 Å². The van der Waals surface area contributed by atoms with Gasteiger partial charge in [0.15, 0.2) is 11.0 Å². The monoisotopic (exact) mass is 470 g/mol. The van der Waals surface area contributed by atoms with Gasteiger partial charge in [0.05, 0.1) is 5.52 Å². The molecular formula is C27H30N6S. The summed E-state index contributed by atoms with van der Waals surface area (Å²) in [7, 11) is 2.06. The molecule has 0 amide bonds. The van der Waals surface area contributed by atoms with Gasteiger partial charge in [-0.2, -0.15) is 0 Å². The van der Waals surface area contributed by atoms with E-state index < -0.39 is 0 Å².